The van der Waals surface area contributed by atoms with E-state index in [4.69, 9.17) is 11.1 Å². The molecular weight excluding hydrogens is 132 g/mol. The maximum absolute atomic E-state index is 5.00. The Hall–Kier alpha value is -0.830. The Balaban J connectivity index is 0.000000291. The molecule has 9 heavy (non-hydrogen) atoms. The van der Waals surface area contributed by atoms with Crippen LogP contribution < -0.4 is 0 Å². The summed E-state index contributed by atoms with van der Waals surface area (Å²) >= 11 is 4.08. The average molecular weight is 140 g/mol. The largest absolute Gasteiger partial charge is 0.213 e. The fourth-order valence-corrected chi connectivity index (χ4v) is 0.600. The second-order valence-corrected chi connectivity index (χ2v) is 1.85. The summed E-state index contributed by atoms with van der Waals surface area (Å²) in [6.07, 6.45) is 0. The van der Waals surface area contributed by atoms with E-state index in [1.165, 1.54) is 0 Å². The van der Waals surface area contributed by atoms with Gasteiger partial charge in [-0.05, 0) is 12.1 Å². The minimum atomic E-state index is 1.02. The lowest BCUT2D eigenvalue weighted by Crippen LogP contribution is -1.56. The number of hydrogen-bond acceptors (Lipinski definition) is 3. The van der Waals surface area contributed by atoms with Crippen molar-refractivity contribution >= 4 is 12.6 Å². The highest BCUT2D eigenvalue weighted by atomic mass is 32.1. The van der Waals surface area contributed by atoms with Crippen LogP contribution in [0.3, 0.4) is 0 Å². The molecule has 0 fully saturated rings. The van der Waals surface area contributed by atoms with Gasteiger partial charge in [0.1, 0.15) is 0 Å². The minimum absolute atomic E-state index is 1.02. The predicted octanol–water partition coefficient (Wildman–Crippen LogP) is 2.57. The topological polar surface area (TPSA) is 47.7 Å². The van der Waals surface area contributed by atoms with Crippen LogP contribution in [0.1, 0.15) is 0 Å². The summed E-state index contributed by atoms with van der Waals surface area (Å²) in [6, 6.07) is 9.79. The van der Waals surface area contributed by atoms with Gasteiger partial charge in [0.2, 0.25) is 0 Å². The van der Waals surface area contributed by atoms with Gasteiger partial charge in [-0.1, -0.05) is 18.2 Å². The average Bonchev–Trinajstić information content (AvgIpc) is 1.94. The molecule has 1 rings (SSSR count). The van der Waals surface area contributed by atoms with Crippen molar-refractivity contribution in [3.63, 3.8) is 0 Å². The molecule has 0 aliphatic carbocycles. The first-order valence-electron chi connectivity index (χ1n) is 2.38. The highest BCUT2D eigenvalue weighted by Gasteiger charge is 1.73. The molecule has 1 aromatic carbocycles. The molecule has 1 aromatic rings. The van der Waals surface area contributed by atoms with Crippen LogP contribution in [0.2, 0.25) is 0 Å². The summed E-state index contributed by atoms with van der Waals surface area (Å²) in [5, 5.41) is 0. The van der Waals surface area contributed by atoms with Crippen molar-refractivity contribution in [3.05, 3.63) is 30.3 Å². The highest BCUT2D eigenvalue weighted by molar-refractivity contribution is 7.80. The molecular formula is C6H8N2S. The lowest BCUT2D eigenvalue weighted by Gasteiger charge is -1.81. The summed E-state index contributed by atoms with van der Waals surface area (Å²) in [7, 11) is 0. The standard InChI is InChI=1S/C6H6S.H2N2/c7-6-4-2-1-3-5-6;1-2/h1-5,7H;1-2H. The van der Waals surface area contributed by atoms with Crippen LogP contribution in [0.15, 0.2) is 35.2 Å². The van der Waals surface area contributed by atoms with Gasteiger partial charge in [0.25, 0.3) is 0 Å². The SMILES string of the molecule is N=N.Sc1ccccc1. The molecule has 0 saturated carbocycles. The molecule has 0 amide bonds. The van der Waals surface area contributed by atoms with Crippen molar-refractivity contribution in [1.29, 1.82) is 11.1 Å². The van der Waals surface area contributed by atoms with Gasteiger partial charge in [-0.2, -0.15) is 0 Å². The van der Waals surface area contributed by atoms with Gasteiger partial charge in [0.05, 0.1) is 0 Å². The molecule has 48 valence electrons. The van der Waals surface area contributed by atoms with Gasteiger partial charge in [-0.25, -0.2) is 11.1 Å². The molecule has 2 nitrogen and oxygen atoms in total. The van der Waals surface area contributed by atoms with Gasteiger partial charge in [0, 0.05) is 4.90 Å². The van der Waals surface area contributed by atoms with E-state index < -0.39 is 0 Å². The molecule has 0 radical (unpaired) electrons. The number of nitrogens with one attached hydrogen (secondary N) is 2. The monoisotopic (exact) mass is 140 g/mol. The first kappa shape index (κ1) is 8.17. The van der Waals surface area contributed by atoms with Crippen molar-refractivity contribution in [3.8, 4) is 0 Å². The third-order valence-electron chi connectivity index (χ3n) is 0.756. The van der Waals surface area contributed by atoms with Crippen LogP contribution in [0.4, 0.5) is 0 Å². The molecule has 0 aliphatic rings. The van der Waals surface area contributed by atoms with E-state index in [2.05, 4.69) is 12.6 Å². The molecule has 3 heteroatoms. The van der Waals surface area contributed by atoms with E-state index in [9.17, 15) is 0 Å². The Labute approximate surface area is 59.6 Å². The van der Waals surface area contributed by atoms with Gasteiger partial charge in [-0.3, -0.25) is 0 Å². The second-order valence-electron chi connectivity index (χ2n) is 1.34. The molecule has 0 saturated heterocycles. The third-order valence-corrected chi connectivity index (χ3v) is 1.05. The second kappa shape index (κ2) is 5.31. The first-order chi connectivity index (χ1) is 4.39. The molecule has 2 N–H and O–H groups in total. The van der Waals surface area contributed by atoms with Crippen LogP contribution >= 0.6 is 12.6 Å². The van der Waals surface area contributed by atoms with Gasteiger partial charge in [-0.15, -0.1) is 12.6 Å². The lowest BCUT2D eigenvalue weighted by atomic mass is 10.4. The highest BCUT2D eigenvalue weighted by Crippen LogP contribution is 2.00. The Kier molecular flexibility index (Phi) is 4.82. The van der Waals surface area contributed by atoms with Crippen LogP contribution in [-0.4, -0.2) is 0 Å². The summed E-state index contributed by atoms with van der Waals surface area (Å²) in [6.45, 7) is 0. The van der Waals surface area contributed by atoms with Crippen LogP contribution in [0.25, 0.3) is 0 Å². The molecule has 0 spiro atoms. The molecule has 0 unspecified atom stereocenters. The quantitative estimate of drug-likeness (QED) is 0.366. The van der Waals surface area contributed by atoms with Crippen molar-refractivity contribution in [2.75, 3.05) is 0 Å². The number of hydrogen-bond donors (Lipinski definition) is 3. The predicted molar refractivity (Wildman–Crippen MR) is 39.1 cm³/mol. The Morgan fingerprint density at radius 2 is 1.44 bits per heavy atom. The molecule has 0 atom stereocenters. The van der Waals surface area contributed by atoms with Gasteiger partial charge >= 0.3 is 0 Å². The summed E-state index contributed by atoms with van der Waals surface area (Å²) in [4.78, 5) is 1.02. The van der Waals surface area contributed by atoms with E-state index >= 15 is 0 Å². The maximum Gasteiger partial charge on any atom is 0.00399 e. The zero-order valence-corrected chi connectivity index (χ0v) is 5.73. The van der Waals surface area contributed by atoms with E-state index in [0.717, 1.165) is 4.90 Å². The van der Waals surface area contributed by atoms with Crippen molar-refractivity contribution in [1.82, 2.24) is 0 Å². The first-order valence-corrected chi connectivity index (χ1v) is 2.83. The van der Waals surface area contributed by atoms with Crippen LogP contribution in [0, 0.1) is 11.1 Å². The zero-order valence-electron chi connectivity index (χ0n) is 4.83. The molecule has 0 heterocycles. The molecule has 0 bridgehead atoms. The molecule has 0 aromatic heterocycles. The minimum Gasteiger partial charge on any atom is -0.213 e. The van der Waals surface area contributed by atoms with Crippen molar-refractivity contribution < 1.29 is 0 Å². The van der Waals surface area contributed by atoms with Crippen LogP contribution in [-0.2, 0) is 0 Å². The lowest BCUT2D eigenvalue weighted by molar-refractivity contribution is 1.05. The number of thiol groups is 1. The van der Waals surface area contributed by atoms with Gasteiger partial charge < -0.3 is 0 Å². The van der Waals surface area contributed by atoms with E-state index in [-0.39, 0.29) is 0 Å². The van der Waals surface area contributed by atoms with Crippen molar-refractivity contribution in [2.24, 2.45) is 0 Å². The van der Waals surface area contributed by atoms with Gasteiger partial charge in [0.15, 0.2) is 0 Å². The Bertz CT molecular complexity index is 152. The fraction of sp³-hybridized carbons (Fsp3) is 0. The Morgan fingerprint density at radius 3 is 1.67 bits per heavy atom. The summed E-state index contributed by atoms with van der Waals surface area (Å²) < 4.78 is 0. The Morgan fingerprint density at radius 1 is 1.00 bits per heavy atom. The third kappa shape index (κ3) is 3.73. The number of rotatable bonds is 0. The maximum atomic E-state index is 5.00. The van der Waals surface area contributed by atoms with E-state index in [0.29, 0.717) is 0 Å². The smallest absolute Gasteiger partial charge is 0.00399 e. The zero-order chi connectivity index (χ0) is 7.11. The van der Waals surface area contributed by atoms with E-state index in [1.54, 1.807) is 0 Å². The van der Waals surface area contributed by atoms with Crippen molar-refractivity contribution in [2.45, 2.75) is 4.90 Å². The van der Waals surface area contributed by atoms with E-state index in [1.807, 2.05) is 30.3 Å². The summed E-state index contributed by atoms with van der Waals surface area (Å²) in [5.74, 6) is 0. The normalized spacial score (nSPS) is 7.22. The fourth-order valence-electron chi connectivity index (χ4n) is 0.428. The number of benzene rings is 1. The van der Waals surface area contributed by atoms with Crippen LogP contribution in [0.5, 0.6) is 0 Å². The summed E-state index contributed by atoms with van der Waals surface area (Å²) in [5.41, 5.74) is 10.0. The molecule has 0 aliphatic heterocycles.